The number of nitrogens with zero attached hydrogens (tertiary/aromatic N) is 2. The SMILES string of the molecule is C1=N[C@H]2C[C@@H]2N/C=C(\c2ccccc2)C=N[C@@H]2C[C@H]2NC=C1c1ccccc1. The second-order valence-corrected chi connectivity index (χ2v) is 7.64. The molecule has 2 aromatic rings. The number of hydrogen-bond donors (Lipinski definition) is 2. The summed E-state index contributed by atoms with van der Waals surface area (Å²) in [5, 5.41) is 7.08. The van der Waals surface area contributed by atoms with Crippen LogP contribution in [0.25, 0.3) is 11.1 Å². The Morgan fingerprint density at radius 3 is 1.46 bits per heavy atom. The first-order valence-electron chi connectivity index (χ1n) is 9.96. The Balaban J connectivity index is 1.40. The van der Waals surface area contributed by atoms with Crippen molar-refractivity contribution in [2.45, 2.75) is 37.0 Å². The molecular formula is C24H24N4. The lowest BCUT2D eigenvalue weighted by molar-refractivity contribution is 0.820. The van der Waals surface area contributed by atoms with Gasteiger partial charge in [-0.15, -0.1) is 0 Å². The van der Waals surface area contributed by atoms with Gasteiger partial charge < -0.3 is 10.6 Å². The summed E-state index contributed by atoms with van der Waals surface area (Å²) in [5.74, 6) is 0. The van der Waals surface area contributed by atoms with E-state index < -0.39 is 0 Å². The van der Waals surface area contributed by atoms with Gasteiger partial charge in [-0.3, -0.25) is 9.98 Å². The Morgan fingerprint density at radius 1 is 0.607 bits per heavy atom. The lowest BCUT2D eigenvalue weighted by Crippen LogP contribution is -2.15. The van der Waals surface area contributed by atoms with Crippen LogP contribution in [0, 0.1) is 0 Å². The van der Waals surface area contributed by atoms with Gasteiger partial charge in [0, 0.05) is 36.0 Å². The second kappa shape index (κ2) is 7.47. The highest BCUT2D eigenvalue weighted by Crippen LogP contribution is 2.29. The van der Waals surface area contributed by atoms with Crippen LogP contribution in [-0.4, -0.2) is 36.6 Å². The maximum Gasteiger partial charge on any atom is 0.0721 e. The van der Waals surface area contributed by atoms with Gasteiger partial charge in [0.15, 0.2) is 0 Å². The summed E-state index contributed by atoms with van der Waals surface area (Å²) in [6.07, 6.45) is 10.4. The van der Waals surface area contributed by atoms with Gasteiger partial charge in [0.2, 0.25) is 0 Å². The van der Waals surface area contributed by atoms with Crippen LogP contribution in [0.15, 0.2) is 83.0 Å². The molecule has 0 radical (unpaired) electrons. The second-order valence-electron chi connectivity index (χ2n) is 7.64. The van der Waals surface area contributed by atoms with Crippen molar-refractivity contribution in [3.63, 3.8) is 0 Å². The van der Waals surface area contributed by atoms with Crippen molar-refractivity contribution >= 4 is 23.6 Å². The van der Waals surface area contributed by atoms with E-state index in [9.17, 15) is 0 Å². The number of benzene rings is 2. The summed E-state index contributed by atoms with van der Waals surface area (Å²) >= 11 is 0. The normalized spacial score (nSPS) is 30.3. The molecule has 4 atom stereocenters. The third-order valence-corrected chi connectivity index (χ3v) is 5.44. The van der Waals surface area contributed by atoms with E-state index in [1.54, 1.807) is 0 Å². The monoisotopic (exact) mass is 368 g/mol. The topological polar surface area (TPSA) is 48.8 Å². The molecule has 0 unspecified atom stereocenters. The van der Waals surface area contributed by atoms with E-state index in [0.717, 1.165) is 24.0 Å². The van der Waals surface area contributed by atoms with Gasteiger partial charge in [0.1, 0.15) is 0 Å². The molecule has 0 bridgehead atoms. The van der Waals surface area contributed by atoms with E-state index in [4.69, 9.17) is 9.98 Å². The highest BCUT2D eigenvalue weighted by atomic mass is 15.1. The number of allylic oxidation sites excluding steroid dienone is 2. The van der Waals surface area contributed by atoms with Crippen LogP contribution in [0.2, 0.25) is 0 Å². The largest absolute Gasteiger partial charge is 0.385 e. The summed E-state index contributed by atoms with van der Waals surface area (Å²) in [6.45, 7) is 0. The van der Waals surface area contributed by atoms with E-state index in [1.807, 2.05) is 24.6 Å². The van der Waals surface area contributed by atoms with E-state index >= 15 is 0 Å². The number of nitrogens with one attached hydrogen (secondary N) is 2. The predicted molar refractivity (Wildman–Crippen MR) is 116 cm³/mol. The molecule has 5 rings (SSSR count). The molecule has 3 aliphatic rings. The first kappa shape index (κ1) is 17.0. The van der Waals surface area contributed by atoms with Crippen LogP contribution in [0.4, 0.5) is 0 Å². The fraction of sp³-hybridized carbons (Fsp3) is 0.250. The molecule has 2 fully saturated rings. The summed E-state index contributed by atoms with van der Waals surface area (Å²) in [5.41, 5.74) is 4.61. The molecule has 0 aromatic heterocycles. The molecule has 0 saturated heterocycles. The maximum absolute atomic E-state index is 4.82. The predicted octanol–water partition coefficient (Wildman–Crippen LogP) is 3.68. The van der Waals surface area contributed by atoms with Crippen molar-refractivity contribution in [1.29, 1.82) is 0 Å². The maximum atomic E-state index is 4.82. The standard InChI is InChI=1S/C24H24N4/c1-3-7-17(8-4-1)19-13-25-21-11-23(21)27-15-20(18-9-5-2-6-10-18)16-28-24-12-22(24)26-14-19/h1-10,13-16,21-25,28H,11-12H2/b19-13-,20-16?,26-14?,27-15?/t21-,22+,23-,24+/m0/s1. The van der Waals surface area contributed by atoms with Crippen molar-refractivity contribution < 1.29 is 0 Å². The summed E-state index contributed by atoms with van der Waals surface area (Å²) < 4.78 is 0. The fourth-order valence-electron chi connectivity index (χ4n) is 3.45. The van der Waals surface area contributed by atoms with E-state index in [0.29, 0.717) is 24.2 Å². The van der Waals surface area contributed by atoms with Crippen LogP contribution in [0.3, 0.4) is 0 Å². The summed E-state index contributed by atoms with van der Waals surface area (Å²) in [6, 6.07) is 22.3. The number of rotatable bonds is 2. The Morgan fingerprint density at radius 2 is 1.04 bits per heavy atom. The fourth-order valence-corrected chi connectivity index (χ4v) is 3.45. The van der Waals surface area contributed by atoms with Gasteiger partial charge >= 0.3 is 0 Å². The van der Waals surface area contributed by atoms with Crippen LogP contribution in [0.5, 0.6) is 0 Å². The minimum atomic E-state index is 0.328. The number of hydrogen-bond acceptors (Lipinski definition) is 4. The van der Waals surface area contributed by atoms with Crippen molar-refractivity contribution in [3.05, 3.63) is 84.2 Å². The van der Waals surface area contributed by atoms with Crippen molar-refractivity contribution in [3.8, 4) is 0 Å². The Hall–Kier alpha value is -3.14. The zero-order valence-electron chi connectivity index (χ0n) is 15.7. The molecule has 2 aromatic carbocycles. The van der Waals surface area contributed by atoms with Crippen molar-refractivity contribution in [2.75, 3.05) is 0 Å². The molecular weight excluding hydrogens is 344 g/mol. The Labute approximate surface area is 165 Å². The Bertz CT molecular complexity index is 864. The Kier molecular flexibility index (Phi) is 4.53. The third kappa shape index (κ3) is 3.91. The van der Waals surface area contributed by atoms with Crippen LogP contribution < -0.4 is 10.6 Å². The van der Waals surface area contributed by atoms with Crippen LogP contribution in [0.1, 0.15) is 24.0 Å². The number of fused-ring (bicyclic) bond motifs is 2. The minimum absolute atomic E-state index is 0.328. The molecule has 4 nitrogen and oxygen atoms in total. The van der Waals surface area contributed by atoms with Crippen molar-refractivity contribution in [2.24, 2.45) is 9.98 Å². The van der Waals surface area contributed by atoms with Gasteiger partial charge in [0.25, 0.3) is 0 Å². The summed E-state index contributed by atoms with van der Waals surface area (Å²) in [7, 11) is 0. The molecule has 140 valence electrons. The van der Waals surface area contributed by atoms with Crippen LogP contribution >= 0.6 is 0 Å². The first-order valence-corrected chi connectivity index (χ1v) is 9.96. The van der Waals surface area contributed by atoms with Gasteiger partial charge in [-0.25, -0.2) is 0 Å². The zero-order valence-corrected chi connectivity index (χ0v) is 15.7. The summed E-state index contributed by atoms with van der Waals surface area (Å²) in [4.78, 5) is 9.64. The molecule has 2 saturated carbocycles. The molecule has 0 amide bonds. The first-order chi connectivity index (χ1) is 13.9. The van der Waals surface area contributed by atoms with Gasteiger partial charge in [-0.05, 0) is 24.0 Å². The lowest BCUT2D eigenvalue weighted by atomic mass is 10.1. The highest BCUT2D eigenvalue weighted by Gasteiger charge is 2.37. The molecule has 2 N–H and O–H groups in total. The lowest BCUT2D eigenvalue weighted by Gasteiger charge is -2.07. The average molecular weight is 368 g/mol. The van der Waals surface area contributed by atoms with Crippen molar-refractivity contribution in [1.82, 2.24) is 10.6 Å². The molecule has 1 heterocycles. The molecule has 1 aliphatic heterocycles. The van der Waals surface area contributed by atoms with Gasteiger partial charge in [-0.1, -0.05) is 60.7 Å². The van der Waals surface area contributed by atoms with Gasteiger partial charge in [0.05, 0.1) is 24.2 Å². The van der Waals surface area contributed by atoms with E-state index in [2.05, 4.69) is 71.6 Å². The average Bonchev–Trinajstić information content (AvgIpc) is 3.66. The quantitative estimate of drug-likeness (QED) is 0.849. The van der Waals surface area contributed by atoms with E-state index in [-0.39, 0.29) is 0 Å². The zero-order chi connectivity index (χ0) is 18.8. The van der Waals surface area contributed by atoms with Gasteiger partial charge in [-0.2, -0.15) is 0 Å². The third-order valence-electron chi connectivity index (χ3n) is 5.44. The molecule has 28 heavy (non-hydrogen) atoms. The smallest absolute Gasteiger partial charge is 0.0721 e. The molecule has 4 heteroatoms. The highest BCUT2D eigenvalue weighted by molar-refractivity contribution is 6.10. The minimum Gasteiger partial charge on any atom is -0.385 e. The van der Waals surface area contributed by atoms with E-state index in [1.165, 1.54) is 11.1 Å². The number of aliphatic imine (C=N–C) groups is 2. The van der Waals surface area contributed by atoms with Crippen LogP contribution in [-0.2, 0) is 0 Å². The molecule has 2 aliphatic carbocycles. The molecule has 0 spiro atoms.